The summed E-state index contributed by atoms with van der Waals surface area (Å²) in [6, 6.07) is 7.49. The molecule has 1 radical (unpaired) electrons. The van der Waals surface area contributed by atoms with Gasteiger partial charge in [0.2, 0.25) is 21.7 Å². The summed E-state index contributed by atoms with van der Waals surface area (Å²) in [5, 5.41) is 0. The van der Waals surface area contributed by atoms with Crippen molar-refractivity contribution in [3.05, 3.63) is 58.7 Å². The summed E-state index contributed by atoms with van der Waals surface area (Å²) in [6.45, 7) is 0. The molecule has 8 nitrogen and oxygen atoms in total. The Kier molecular flexibility index (Phi) is 4.05. The zero-order valence-corrected chi connectivity index (χ0v) is 16.8. The molecular formula is C18H12AlN2O6S. The summed E-state index contributed by atoms with van der Waals surface area (Å²) >= 11 is -0.573. The van der Waals surface area contributed by atoms with Crippen molar-refractivity contribution in [1.29, 1.82) is 0 Å². The van der Waals surface area contributed by atoms with E-state index >= 15 is 0 Å². The molecule has 139 valence electrons. The molecule has 0 aromatic heterocycles. The molecule has 0 spiro atoms. The summed E-state index contributed by atoms with van der Waals surface area (Å²) in [5.74, 6) is -0.266. The molecule has 10 heteroatoms. The van der Waals surface area contributed by atoms with Gasteiger partial charge >= 0.3 is 15.4 Å². The SMILES string of the molecule is [CH3][Al][N]1C(=O)c2ccc(S(=O)(=O)c3ccc4c(c3)C(=O)N(C)C4=O)cc2C1=O. The first-order chi connectivity index (χ1) is 13.2. The molecule has 0 N–H and O–H groups in total. The van der Waals surface area contributed by atoms with Crippen LogP contribution in [0, 0.1) is 0 Å². The number of nitrogens with zero attached hydrogens (tertiary/aromatic N) is 2. The topological polar surface area (TPSA) is 109 Å². The number of fused-ring (bicyclic) bond motifs is 2. The van der Waals surface area contributed by atoms with E-state index < -0.39 is 48.9 Å². The predicted molar refractivity (Wildman–Crippen MR) is 96.9 cm³/mol. The van der Waals surface area contributed by atoms with Gasteiger partial charge < -0.3 is 3.88 Å². The molecule has 0 bridgehead atoms. The van der Waals surface area contributed by atoms with Crippen LogP contribution in [0.3, 0.4) is 0 Å². The van der Waals surface area contributed by atoms with Crippen LogP contribution in [0.4, 0.5) is 0 Å². The lowest BCUT2D eigenvalue weighted by atomic mass is 10.1. The van der Waals surface area contributed by atoms with Crippen molar-refractivity contribution in [1.82, 2.24) is 8.78 Å². The van der Waals surface area contributed by atoms with E-state index in [1.807, 2.05) is 0 Å². The predicted octanol–water partition coefficient (Wildman–Crippen LogP) is 1.01. The van der Waals surface area contributed by atoms with Crippen molar-refractivity contribution in [2.24, 2.45) is 0 Å². The van der Waals surface area contributed by atoms with Gasteiger partial charge in [0.05, 0.1) is 32.0 Å². The molecule has 0 fully saturated rings. The molecule has 0 saturated heterocycles. The van der Waals surface area contributed by atoms with Crippen LogP contribution in [-0.4, -0.2) is 63.3 Å². The van der Waals surface area contributed by atoms with E-state index in [4.69, 9.17) is 0 Å². The van der Waals surface area contributed by atoms with Crippen LogP contribution >= 0.6 is 0 Å². The molecule has 2 aromatic carbocycles. The molecule has 2 aliphatic heterocycles. The minimum atomic E-state index is -4.06. The Balaban J connectivity index is 1.81. The monoisotopic (exact) mass is 411 g/mol. The molecule has 28 heavy (non-hydrogen) atoms. The number of hydrogen-bond donors (Lipinski definition) is 0. The van der Waals surface area contributed by atoms with Crippen molar-refractivity contribution in [2.75, 3.05) is 7.05 Å². The first kappa shape index (κ1) is 18.6. The van der Waals surface area contributed by atoms with Crippen molar-refractivity contribution < 1.29 is 27.6 Å². The Morgan fingerprint density at radius 1 is 0.714 bits per heavy atom. The van der Waals surface area contributed by atoms with E-state index in [9.17, 15) is 27.6 Å². The molecule has 4 rings (SSSR count). The highest BCUT2D eigenvalue weighted by Gasteiger charge is 2.36. The second-order valence-corrected chi connectivity index (χ2v) is 9.31. The Bertz CT molecular complexity index is 1220. The zero-order chi connectivity index (χ0) is 20.4. The van der Waals surface area contributed by atoms with Gasteiger partial charge in [-0.05, 0) is 36.4 Å². The highest BCUT2D eigenvalue weighted by molar-refractivity contribution is 7.91. The zero-order valence-electron chi connectivity index (χ0n) is 14.8. The molecule has 0 unspecified atom stereocenters. The highest BCUT2D eigenvalue weighted by atomic mass is 32.2. The highest BCUT2D eigenvalue weighted by Crippen LogP contribution is 2.30. The van der Waals surface area contributed by atoms with Gasteiger partial charge in [0, 0.05) is 7.05 Å². The molecule has 2 aliphatic rings. The van der Waals surface area contributed by atoms with Crippen LogP contribution < -0.4 is 0 Å². The maximum Gasteiger partial charge on any atom is 0.384 e. The first-order valence-corrected chi connectivity index (χ1v) is 11.4. The average Bonchev–Trinajstić information content (AvgIpc) is 3.06. The quantitative estimate of drug-likeness (QED) is 0.551. The van der Waals surface area contributed by atoms with E-state index in [2.05, 4.69) is 0 Å². The van der Waals surface area contributed by atoms with E-state index in [1.165, 1.54) is 37.4 Å². The summed E-state index contributed by atoms with van der Waals surface area (Å²) in [5.41, 5.74) is 0.381. The minimum absolute atomic E-state index is 0.0155. The average molecular weight is 411 g/mol. The summed E-state index contributed by atoms with van der Waals surface area (Å²) in [4.78, 5) is 49.3. The second-order valence-electron chi connectivity index (χ2n) is 6.33. The number of benzene rings is 2. The number of carbonyl (C=O) groups excluding carboxylic acids is 4. The van der Waals surface area contributed by atoms with Crippen molar-refractivity contribution in [2.45, 2.75) is 15.6 Å². The van der Waals surface area contributed by atoms with Gasteiger partial charge in [-0.2, -0.15) is 0 Å². The summed E-state index contributed by atoms with van der Waals surface area (Å²) in [7, 11) is -2.74. The third kappa shape index (κ3) is 2.39. The normalized spacial score (nSPS) is 15.9. The molecule has 0 aliphatic carbocycles. The second kappa shape index (κ2) is 6.10. The van der Waals surface area contributed by atoms with Crippen LogP contribution in [0.5, 0.6) is 0 Å². The van der Waals surface area contributed by atoms with Gasteiger partial charge in [-0.3, -0.25) is 24.1 Å². The number of imide groups is 2. The van der Waals surface area contributed by atoms with Gasteiger partial charge in [0.1, 0.15) is 0 Å². The molecule has 2 aromatic rings. The standard InChI is InChI=1S/C17H10N2O6S.CH3.Al/c1-19-16(22)11-5-3-9(7-13(11)17(19)23)26(24,25)8-2-4-10-12(6-8)15(21)18-14(10)20;;/h2-7H,1H3,(H,18,20,21);1H3;/q;;+1/p-1. The van der Waals surface area contributed by atoms with Gasteiger partial charge in [-0.25, -0.2) is 8.42 Å². The van der Waals surface area contributed by atoms with Gasteiger partial charge in [0.15, 0.2) is 0 Å². The third-order valence-corrected chi connectivity index (χ3v) is 7.56. The van der Waals surface area contributed by atoms with Crippen LogP contribution in [-0.2, 0) is 9.84 Å². The van der Waals surface area contributed by atoms with E-state index in [1.54, 1.807) is 5.79 Å². The third-order valence-electron chi connectivity index (χ3n) is 4.83. The number of rotatable bonds is 3. The Morgan fingerprint density at radius 3 is 1.68 bits per heavy atom. The van der Waals surface area contributed by atoms with Crippen LogP contribution in [0.15, 0.2) is 46.2 Å². The largest absolute Gasteiger partial charge is 0.384 e. The number of hydrogen-bond acceptors (Lipinski definition) is 6. The molecule has 0 saturated carbocycles. The smallest absolute Gasteiger partial charge is 0.379 e. The van der Waals surface area contributed by atoms with E-state index in [0.717, 1.165) is 14.8 Å². The fraction of sp³-hybridized carbons (Fsp3) is 0.111. The van der Waals surface area contributed by atoms with Crippen LogP contribution in [0.2, 0.25) is 5.79 Å². The summed E-state index contributed by atoms with van der Waals surface area (Å²) in [6.07, 6.45) is 0. The Hall–Kier alpha value is -2.80. The molecule has 4 amide bonds. The Labute approximate surface area is 166 Å². The van der Waals surface area contributed by atoms with Crippen molar-refractivity contribution >= 4 is 48.9 Å². The lowest BCUT2D eigenvalue weighted by Gasteiger charge is -2.09. The first-order valence-electron chi connectivity index (χ1n) is 8.21. The molecule has 0 atom stereocenters. The van der Waals surface area contributed by atoms with Gasteiger partial charge in [-0.1, -0.05) is 5.79 Å². The van der Waals surface area contributed by atoms with Crippen molar-refractivity contribution in [3.8, 4) is 0 Å². The van der Waals surface area contributed by atoms with Gasteiger partial charge in [0.25, 0.3) is 11.8 Å². The lowest BCUT2D eigenvalue weighted by molar-refractivity contribution is 0.0689. The van der Waals surface area contributed by atoms with E-state index in [-0.39, 0.29) is 32.0 Å². The van der Waals surface area contributed by atoms with Crippen molar-refractivity contribution in [3.63, 3.8) is 0 Å². The lowest BCUT2D eigenvalue weighted by Crippen LogP contribution is -2.31. The number of carbonyl (C=O) groups is 4. The van der Waals surface area contributed by atoms with Crippen LogP contribution in [0.1, 0.15) is 41.4 Å². The Morgan fingerprint density at radius 2 is 1.14 bits per heavy atom. The molecular weight excluding hydrogens is 399 g/mol. The number of sulfone groups is 1. The fourth-order valence-corrected chi connectivity index (χ4v) is 5.34. The van der Waals surface area contributed by atoms with E-state index in [0.29, 0.717) is 0 Å². The number of amides is 4. The maximum absolute atomic E-state index is 13.0. The molecule has 2 heterocycles. The maximum atomic E-state index is 13.0. The fourth-order valence-electron chi connectivity index (χ4n) is 3.28. The minimum Gasteiger partial charge on any atom is -0.379 e. The van der Waals surface area contributed by atoms with Crippen LogP contribution in [0.25, 0.3) is 0 Å². The summed E-state index contributed by atoms with van der Waals surface area (Å²) < 4.78 is 27.2. The van der Waals surface area contributed by atoms with Gasteiger partial charge in [-0.15, -0.1) is 0 Å².